The van der Waals surface area contributed by atoms with Crippen LogP contribution in [0.3, 0.4) is 0 Å². The first-order valence-electron chi connectivity index (χ1n) is 5.23. The molecule has 1 atom stereocenters. The van der Waals surface area contributed by atoms with Gasteiger partial charge in [0.1, 0.15) is 0 Å². The van der Waals surface area contributed by atoms with Gasteiger partial charge in [0.05, 0.1) is 6.61 Å². The van der Waals surface area contributed by atoms with Crippen LogP contribution < -0.4 is 0 Å². The van der Waals surface area contributed by atoms with Crippen LogP contribution in [0.5, 0.6) is 0 Å². The van der Waals surface area contributed by atoms with E-state index in [9.17, 15) is 5.11 Å². The third kappa shape index (κ3) is 9.84. The van der Waals surface area contributed by atoms with Crippen molar-refractivity contribution in [1.82, 2.24) is 0 Å². The summed E-state index contributed by atoms with van der Waals surface area (Å²) in [5, 5.41) is 11.2. The van der Waals surface area contributed by atoms with Crippen LogP contribution >= 0.6 is 0 Å². The van der Waals surface area contributed by atoms with E-state index >= 15 is 0 Å². The third-order valence-corrected chi connectivity index (χ3v) is 1.75. The van der Waals surface area contributed by atoms with Gasteiger partial charge < -0.3 is 4.74 Å². The van der Waals surface area contributed by atoms with Gasteiger partial charge in [-0.05, 0) is 11.8 Å². The highest BCUT2D eigenvalue weighted by atomic mass is 16.6. The molecule has 0 spiro atoms. The Morgan fingerprint density at radius 2 is 1.85 bits per heavy atom. The van der Waals surface area contributed by atoms with E-state index in [0.717, 1.165) is 19.3 Å². The first kappa shape index (κ1) is 12.9. The van der Waals surface area contributed by atoms with Gasteiger partial charge in [-0.1, -0.05) is 40.5 Å². The minimum Gasteiger partial charge on any atom is -0.349 e. The number of hydrogen-bond acceptors (Lipinski definition) is 1. The zero-order valence-corrected chi connectivity index (χ0v) is 9.43. The summed E-state index contributed by atoms with van der Waals surface area (Å²) in [6, 6.07) is 0. The largest absolute Gasteiger partial charge is 0.349 e. The Morgan fingerprint density at radius 1 is 1.23 bits per heavy atom. The van der Waals surface area contributed by atoms with Crippen LogP contribution in [-0.2, 0) is 9.84 Å². The molecule has 0 aliphatic rings. The van der Waals surface area contributed by atoms with Gasteiger partial charge in [0, 0.05) is 6.42 Å². The minimum absolute atomic E-state index is 0.105. The van der Waals surface area contributed by atoms with E-state index in [0.29, 0.717) is 13.0 Å². The van der Waals surface area contributed by atoms with E-state index in [4.69, 9.17) is 4.74 Å². The zero-order valence-electron chi connectivity index (χ0n) is 9.43. The lowest BCUT2D eigenvalue weighted by molar-refractivity contribution is -0.159. The smallest absolute Gasteiger partial charge is 0.191 e. The molecule has 0 bridgehead atoms. The molecule has 0 saturated heterocycles. The molecule has 0 heterocycles. The number of hydrogen-bond donors (Lipinski definition) is 0. The molecule has 13 heavy (non-hydrogen) atoms. The van der Waals surface area contributed by atoms with Gasteiger partial charge in [0.25, 0.3) is 0 Å². The standard InChI is InChI=1S/C11H23O2/c1-5-6-7-8-10(12)13-9-11(2,3)4/h10H,5-9H2,1-4H3. The lowest BCUT2D eigenvalue weighted by Crippen LogP contribution is -2.20. The van der Waals surface area contributed by atoms with Crippen molar-refractivity contribution in [1.29, 1.82) is 0 Å². The molecule has 1 unspecified atom stereocenters. The normalized spacial score (nSPS) is 14.5. The van der Waals surface area contributed by atoms with E-state index in [1.807, 2.05) is 0 Å². The van der Waals surface area contributed by atoms with Crippen molar-refractivity contribution >= 4 is 0 Å². The maximum absolute atomic E-state index is 11.2. The van der Waals surface area contributed by atoms with Crippen LogP contribution in [0, 0.1) is 5.41 Å². The van der Waals surface area contributed by atoms with Gasteiger partial charge in [0.15, 0.2) is 6.29 Å². The summed E-state index contributed by atoms with van der Waals surface area (Å²) >= 11 is 0. The molecule has 0 aromatic carbocycles. The number of ether oxygens (including phenoxy) is 1. The Kier molecular flexibility index (Phi) is 6.35. The first-order valence-corrected chi connectivity index (χ1v) is 5.23. The molecule has 0 amide bonds. The van der Waals surface area contributed by atoms with Crippen LogP contribution in [0.2, 0.25) is 0 Å². The van der Waals surface area contributed by atoms with E-state index in [1.54, 1.807) is 0 Å². The first-order chi connectivity index (χ1) is 5.95. The number of rotatable bonds is 6. The Labute approximate surface area is 82.3 Å². The molecule has 0 fully saturated rings. The molecule has 0 N–H and O–H groups in total. The molecular formula is C11H23O2. The number of unbranched alkanes of at least 4 members (excludes halogenated alkanes) is 2. The Morgan fingerprint density at radius 3 is 2.31 bits per heavy atom. The maximum Gasteiger partial charge on any atom is 0.191 e. The fourth-order valence-electron chi connectivity index (χ4n) is 0.987. The topological polar surface area (TPSA) is 29.1 Å². The lowest BCUT2D eigenvalue weighted by atomic mass is 9.99. The predicted octanol–water partition coefficient (Wildman–Crippen LogP) is 3.39. The van der Waals surface area contributed by atoms with Crippen molar-refractivity contribution in [2.24, 2.45) is 5.41 Å². The van der Waals surface area contributed by atoms with E-state index in [1.165, 1.54) is 0 Å². The van der Waals surface area contributed by atoms with Crippen molar-refractivity contribution in [2.45, 2.75) is 59.7 Å². The highest BCUT2D eigenvalue weighted by Crippen LogP contribution is 2.15. The maximum atomic E-state index is 11.2. The van der Waals surface area contributed by atoms with Crippen LogP contribution in [-0.4, -0.2) is 12.9 Å². The summed E-state index contributed by atoms with van der Waals surface area (Å²) in [5.74, 6) is 0. The van der Waals surface area contributed by atoms with Crippen molar-refractivity contribution in [3.8, 4) is 0 Å². The van der Waals surface area contributed by atoms with Gasteiger partial charge in [-0.25, -0.2) is 5.11 Å². The molecular weight excluding hydrogens is 164 g/mol. The molecule has 79 valence electrons. The molecule has 2 heteroatoms. The van der Waals surface area contributed by atoms with Gasteiger partial charge in [0.2, 0.25) is 0 Å². The van der Waals surface area contributed by atoms with Crippen LogP contribution in [0.4, 0.5) is 0 Å². The van der Waals surface area contributed by atoms with Gasteiger partial charge in [-0.15, -0.1) is 0 Å². The minimum atomic E-state index is -0.814. The van der Waals surface area contributed by atoms with Crippen molar-refractivity contribution < 1.29 is 9.84 Å². The fourth-order valence-corrected chi connectivity index (χ4v) is 0.987. The molecule has 1 radical (unpaired) electrons. The average molecular weight is 187 g/mol. The quantitative estimate of drug-likeness (QED) is 0.463. The van der Waals surface area contributed by atoms with Crippen LogP contribution in [0.25, 0.3) is 0 Å². The predicted molar refractivity (Wildman–Crippen MR) is 54.0 cm³/mol. The summed E-state index contributed by atoms with van der Waals surface area (Å²) in [6.45, 7) is 8.92. The Bertz CT molecular complexity index is 116. The lowest BCUT2D eigenvalue weighted by Gasteiger charge is -2.19. The Balaban J connectivity index is 3.35. The van der Waals surface area contributed by atoms with Crippen LogP contribution in [0.1, 0.15) is 53.4 Å². The van der Waals surface area contributed by atoms with Gasteiger partial charge >= 0.3 is 0 Å². The summed E-state index contributed by atoms with van der Waals surface area (Å²) in [4.78, 5) is 0. The summed E-state index contributed by atoms with van der Waals surface area (Å²) in [6.07, 6.45) is 3.13. The van der Waals surface area contributed by atoms with E-state index in [-0.39, 0.29) is 5.41 Å². The van der Waals surface area contributed by atoms with Gasteiger partial charge in [-0.2, -0.15) is 0 Å². The monoisotopic (exact) mass is 187 g/mol. The highest BCUT2D eigenvalue weighted by molar-refractivity contribution is 4.59. The second-order valence-electron chi connectivity index (χ2n) is 4.80. The summed E-state index contributed by atoms with van der Waals surface area (Å²) in [7, 11) is 0. The second kappa shape index (κ2) is 6.39. The van der Waals surface area contributed by atoms with Crippen molar-refractivity contribution in [3.63, 3.8) is 0 Å². The third-order valence-electron chi connectivity index (χ3n) is 1.75. The summed E-state index contributed by atoms with van der Waals surface area (Å²) in [5.41, 5.74) is 0.105. The molecule has 0 aromatic rings. The molecule has 0 aromatic heterocycles. The molecule has 2 nitrogen and oxygen atoms in total. The van der Waals surface area contributed by atoms with Gasteiger partial charge in [-0.3, -0.25) is 0 Å². The van der Waals surface area contributed by atoms with E-state index in [2.05, 4.69) is 27.7 Å². The fraction of sp³-hybridized carbons (Fsp3) is 1.00. The molecule has 0 rings (SSSR count). The SMILES string of the molecule is CCCCCC([O])OCC(C)(C)C. The van der Waals surface area contributed by atoms with E-state index < -0.39 is 6.29 Å². The molecule has 0 saturated carbocycles. The van der Waals surface area contributed by atoms with Crippen molar-refractivity contribution in [2.75, 3.05) is 6.61 Å². The van der Waals surface area contributed by atoms with Crippen molar-refractivity contribution in [3.05, 3.63) is 0 Å². The van der Waals surface area contributed by atoms with Crippen LogP contribution in [0.15, 0.2) is 0 Å². The Hall–Kier alpha value is -0.0800. The second-order valence-corrected chi connectivity index (χ2v) is 4.80. The average Bonchev–Trinajstić information content (AvgIpc) is 2.00. The molecule has 0 aliphatic heterocycles. The summed E-state index contributed by atoms with van der Waals surface area (Å²) < 4.78 is 5.20. The zero-order chi connectivity index (χ0) is 10.3. The highest BCUT2D eigenvalue weighted by Gasteiger charge is 2.14. The molecule has 0 aliphatic carbocycles.